The van der Waals surface area contributed by atoms with Gasteiger partial charge in [0, 0.05) is 41.1 Å². The highest BCUT2D eigenvalue weighted by molar-refractivity contribution is 7.95. The molecule has 0 spiro atoms. The van der Waals surface area contributed by atoms with Crippen molar-refractivity contribution >= 4 is 84.3 Å². The second-order valence-corrected chi connectivity index (χ2v) is 26.3. The minimum Gasteiger partial charge on any atom is -0.744 e. The summed E-state index contributed by atoms with van der Waals surface area (Å²) in [5, 5.41) is 44.5. The van der Waals surface area contributed by atoms with Gasteiger partial charge in [-0.15, -0.1) is 0 Å². The van der Waals surface area contributed by atoms with Crippen molar-refractivity contribution in [1.82, 2.24) is 10.6 Å². The number of carbonyl (C=O) groups is 3. The number of nitrogens with one attached hydrogen (secondary N) is 2. The van der Waals surface area contributed by atoms with Crippen molar-refractivity contribution in [3.8, 4) is 5.75 Å². The molecule has 0 saturated heterocycles. The summed E-state index contributed by atoms with van der Waals surface area (Å²) in [4.78, 5) is 37.5. The molecule has 0 aliphatic heterocycles. The lowest BCUT2D eigenvalue weighted by Gasteiger charge is -2.21. The van der Waals surface area contributed by atoms with Crippen molar-refractivity contribution in [3.05, 3.63) is 36.4 Å². The average molecular weight is 1710 g/mol. The van der Waals surface area contributed by atoms with Crippen LogP contribution in [0.15, 0.2) is 51.1 Å². The fourth-order valence-corrected chi connectivity index (χ4v) is 11.6. The summed E-state index contributed by atoms with van der Waals surface area (Å²) in [6, 6.07) is 7.05. The van der Waals surface area contributed by atoms with Crippen LogP contribution in [0.5, 0.6) is 5.75 Å². The third kappa shape index (κ3) is 52.4. The summed E-state index contributed by atoms with van der Waals surface area (Å²) in [7, 11) is -3.47. The van der Waals surface area contributed by atoms with Crippen LogP contribution in [-0.2, 0) is 157 Å². The Balaban J connectivity index is 0.804. The highest BCUT2D eigenvalue weighted by Gasteiger charge is 2.25. The highest BCUT2D eigenvalue weighted by atomic mass is 32.2. The number of carboxylic acid groups (broad SMARTS) is 1. The number of benzene rings is 4. The number of hydrogen-bond acceptors (Lipinski definition) is 39. The van der Waals surface area contributed by atoms with Crippen LogP contribution in [0.2, 0.25) is 0 Å². The van der Waals surface area contributed by atoms with Crippen LogP contribution in [0.3, 0.4) is 0 Å². The largest absolute Gasteiger partial charge is 0.744 e. The molecule has 0 bridgehead atoms. The second kappa shape index (κ2) is 72.4. The molecule has 40 nitrogen and oxygen atoms in total. The van der Waals surface area contributed by atoms with E-state index in [2.05, 4.69) is 29.4 Å². The first-order chi connectivity index (χ1) is 56.5. The van der Waals surface area contributed by atoms with Crippen LogP contribution < -0.4 is 25.9 Å². The molecule has 0 aliphatic rings. The van der Waals surface area contributed by atoms with Gasteiger partial charge in [0.15, 0.2) is 6.61 Å². The van der Waals surface area contributed by atoms with Gasteiger partial charge < -0.3 is 149 Å². The lowest BCUT2D eigenvalue weighted by molar-refractivity contribution is -0.777. The predicted molar refractivity (Wildman–Crippen MR) is 402 cm³/mol. The quantitative estimate of drug-likeness (QED) is 0.0138. The predicted octanol–water partition coefficient (Wildman–Crippen LogP) is 0.822. The minimum atomic E-state index is -5.11. The van der Waals surface area contributed by atoms with E-state index in [4.69, 9.17) is 118 Å². The molecular weight excluding hydrogens is 1600 g/mol. The molecule has 0 aliphatic carbocycles. The molecule has 4 aromatic rings. The number of hydrogen-bond donors (Lipinski definition) is 3. The Labute approximate surface area is 678 Å². The zero-order valence-corrected chi connectivity index (χ0v) is 67.8. The molecule has 1 unspecified atom stereocenters. The average Bonchev–Trinajstić information content (AvgIpc) is 0.716. The van der Waals surface area contributed by atoms with E-state index in [1.54, 1.807) is 19.2 Å². The third-order valence-electron chi connectivity index (χ3n) is 15.1. The smallest absolute Gasteiger partial charge is 0.303 e. The van der Waals surface area contributed by atoms with Gasteiger partial charge in [0.05, 0.1) is 344 Å². The van der Waals surface area contributed by atoms with Crippen LogP contribution in [0, 0.1) is 0 Å². The van der Waals surface area contributed by atoms with Crippen molar-refractivity contribution in [2.75, 3.05) is 331 Å². The summed E-state index contributed by atoms with van der Waals surface area (Å²) < 4.78 is 184. The van der Waals surface area contributed by atoms with Gasteiger partial charge in [-0.05, 0) is 40.8 Å². The number of carbonyl (C=O) groups excluding carboxylic acids is 2. The molecule has 0 saturated carbocycles. The summed E-state index contributed by atoms with van der Waals surface area (Å²) in [5.41, 5.74) is 0. The SMILES string of the molecule is COCCOCCOCCOCCOCCOCCOCCOCCOCCOCCOCCOCCOCCOCCOCCOCCOCCOCCOCCOCCOCCOCCOCCOCCNC(=O)C(CCC(=O)O)NC(=O)COc1cc(SOO[O-])c2ccc3c(SOO[O-])cc(S(=O)(=O)[O-])c4ccc1c2c34. The fraction of sp³-hybridized carbons (Fsp3) is 0.736. The molecule has 1 atom stereocenters. The van der Waals surface area contributed by atoms with E-state index in [0.29, 0.717) is 336 Å². The normalized spacial score (nSPS) is 12.2. The standard InChI is InChI=1S/C72H118N2O38S3/c1-84-10-11-86-14-15-88-18-19-90-22-23-92-26-27-94-30-31-96-34-35-98-38-39-100-42-43-102-46-47-104-50-51-106-54-55-107-53-52-105-49-48-103-45-44-101-41-40-99-37-36-97-33-32-95-29-28-93-25-24-91-21-20-89-17-16-87-13-12-85-9-8-73-72(78)63(6-7-69(76)77)74-68(75)58-108-64-56-65(113-111-109-79)60-3-4-61-66(114-112-110-80)57-67(115(81,82)83)62-5-2-59(64)70(60)71(61)62/h2-5,56-57,63,79-80H,6-55,58H2,1H3,(H,73,78)(H,74,75)(H,76,77)(H,81,82,83)/p-3. The molecular formula is C72H115N2O38S3-3. The maximum Gasteiger partial charge on any atom is 0.303 e. The van der Waals surface area contributed by atoms with Gasteiger partial charge in [-0.1, -0.05) is 18.2 Å². The highest BCUT2D eigenvalue weighted by Crippen LogP contribution is 2.47. The maximum absolute atomic E-state index is 13.3. The number of aliphatic carboxylic acids is 1. The van der Waals surface area contributed by atoms with E-state index in [-0.39, 0.29) is 59.1 Å². The molecule has 662 valence electrons. The van der Waals surface area contributed by atoms with Crippen molar-refractivity contribution in [3.63, 3.8) is 0 Å². The van der Waals surface area contributed by atoms with Crippen molar-refractivity contribution in [2.45, 2.75) is 33.6 Å². The van der Waals surface area contributed by atoms with E-state index in [9.17, 15) is 43.0 Å². The van der Waals surface area contributed by atoms with Crippen molar-refractivity contribution in [1.29, 1.82) is 0 Å². The number of methoxy groups -OCH3 is 1. The molecule has 115 heavy (non-hydrogen) atoms. The first kappa shape index (κ1) is 103. The van der Waals surface area contributed by atoms with E-state index >= 15 is 0 Å². The Bertz CT molecular complexity index is 3120. The first-order valence-electron chi connectivity index (χ1n) is 37.7. The molecule has 2 amide bonds. The maximum atomic E-state index is 13.3. The van der Waals surface area contributed by atoms with Gasteiger partial charge in [0.25, 0.3) is 5.91 Å². The number of ether oxygens (including phenoxy) is 25. The Morgan fingerprint density at radius 1 is 0.383 bits per heavy atom. The van der Waals surface area contributed by atoms with Gasteiger partial charge in [0.2, 0.25) is 5.91 Å². The van der Waals surface area contributed by atoms with Gasteiger partial charge in [-0.25, -0.2) is 8.42 Å². The van der Waals surface area contributed by atoms with Gasteiger partial charge >= 0.3 is 5.97 Å². The molecule has 0 heterocycles. The van der Waals surface area contributed by atoms with Crippen LogP contribution in [-0.4, -0.2) is 373 Å². The van der Waals surface area contributed by atoms with Crippen LogP contribution in [0.4, 0.5) is 0 Å². The third-order valence-corrected chi connectivity index (χ3v) is 17.3. The van der Waals surface area contributed by atoms with Crippen molar-refractivity contribution in [2.24, 2.45) is 0 Å². The second-order valence-electron chi connectivity index (χ2n) is 23.4. The molecule has 4 rings (SSSR count). The van der Waals surface area contributed by atoms with E-state index in [0.717, 1.165) is 6.07 Å². The van der Waals surface area contributed by atoms with Gasteiger partial charge in [0.1, 0.15) is 21.9 Å². The Kier molecular flexibility index (Phi) is 64.7. The zero-order valence-electron chi connectivity index (χ0n) is 65.4. The van der Waals surface area contributed by atoms with Gasteiger partial charge in [-0.3, -0.25) is 24.5 Å². The minimum absolute atomic E-state index is 0.00163. The number of rotatable bonds is 87. The van der Waals surface area contributed by atoms with E-state index in [1.165, 1.54) is 18.2 Å². The molecule has 0 radical (unpaired) electrons. The van der Waals surface area contributed by atoms with Crippen LogP contribution >= 0.6 is 24.1 Å². The lowest BCUT2D eigenvalue weighted by Crippen LogP contribution is -2.48. The Hall–Kier alpha value is -4.46. The molecule has 0 aromatic heterocycles. The molecule has 4 aromatic carbocycles. The van der Waals surface area contributed by atoms with Crippen LogP contribution in [0.25, 0.3) is 32.3 Å². The molecule has 0 fully saturated rings. The Morgan fingerprint density at radius 3 is 0.922 bits per heavy atom. The monoisotopic (exact) mass is 1710 g/mol. The molecule has 43 heteroatoms. The van der Waals surface area contributed by atoms with Gasteiger partial charge in [-0.2, -0.15) is 8.67 Å². The van der Waals surface area contributed by atoms with E-state index < -0.39 is 51.9 Å². The zero-order chi connectivity index (χ0) is 82.2. The van der Waals surface area contributed by atoms with E-state index in [1.807, 2.05) is 0 Å². The Morgan fingerprint density at radius 2 is 0.643 bits per heavy atom. The lowest BCUT2D eigenvalue weighted by atomic mass is 9.93. The molecule has 3 N–H and O–H groups in total. The summed E-state index contributed by atoms with van der Waals surface area (Å²) >= 11 is 0.819. The first-order valence-corrected chi connectivity index (χ1v) is 40.6. The number of carboxylic acids is 1. The van der Waals surface area contributed by atoms with Crippen LogP contribution in [0.1, 0.15) is 12.8 Å². The number of amides is 2. The summed E-state index contributed by atoms with van der Waals surface area (Å²) in [6.45, 7) is 19.9. The fourth-order valence-electron chi connectivity index (χ4n) is 9.80. The summed E-state index contributed by atoms with van der Waals surface area (Å²) in [5.74, 6) is -2.72. The van der Waals surface area contributed by atoms with Crippen molar-refractivity contribution < 1.29 is 180 Å². The topological polar surface area (TPSA) is 466 Å². The summed E-state index contributed by atoms with van der Waals surface area (Å²) in [6.07, 6.45) is -0.735.